The molecule has 0 aliphatic heterocycles. The van der Waals surface area contributed by atoms with Crippen LogP contribution in [0.15, 0.2) is 4.52 Å². The van der Waals surface area contributed by atoms with E-state index in [1.54, 1.807) is 7.05 Å². The summed E-state index contributed by atoms with van der Waals surface area (Å²) < 4.78 is 5.51. The van der Waals surface area contributed by atoms with Crippen LogP contribution in [0.5, 0.6) is 0 Å². The topological polar surface area (TPSA) is 97.1 Å². The number of carbonyl (C=O) groups excluding carboxylic acids is 2. The second-order valence-corrected chi connectivity index (χ2v) is 7.04. The van der Waals surface area contributed by atoms with E-state index in [2.05, 4.69) is 20.8 Å². The maximum Gasteiger partial charge on any atom is 0.239 e. The zero-order valence-corrected chi connectivity index (χ0v) is 13.2. The Morgan fingerprint density at radius 1 is 1.22 bits per heavy atom. The van der Waals surface area contributed by atoms with Gasteiger partial charge in [0.15, 0.2) is 5.82 Å². The van der Waals surface area contributed by atoms with E-state index >= 15 is 0 Å². The summed E-state index contributed by atoms with van der Waals surface area (Å²) in [6, 6.07) is 0. The third-order valence-electron chi connectivity index (χ3n) is 5.61. The lowest BCUT2D eigenvalue weighted by Crippen LogP contribution is -2.42. The molecule has 4 atom stereocenters. The number of hydrogen-bond acceptors (Lipinski definition) is 5. The van der Waals surface area contributed by atoms with Crippen molar-refractivity contribution in [1.29, 1.82) is 0 Å². The van der Waals surface area contributed by atoms with E-state index in [0.29, 0.717) is 23.6 Å². The van der Waals surface area contributed by atoms with Gasteiger partial charge in [0.25, 0.3) is 0 Å². The van der Waals surface area contributed by atoms with Crippen molar-refractivity contribution in [1.82, 2.24) is 20.8 Å². The molecule has 0 unspecified atom stereocenters. The quantitative estimate of drug-likeness (QED) is 0.842. The van der Waals surface area contributed by atoms with Gasteiger partial charge in [-0.25, -0.2) is 0 Å². The summed E-state index contributed by atoms with van der Waals surface area (Å²) in [5.74, 6) is 2.31. The van der Waals surface area contributed by atoms with E-state index in [0.717, 1.165) is 37.9 Å². The lowest BCUT2D eigenvalue weighted by atomic mass is 9.78. The van der Waals surface area contributed by atoms with Crippen LogP contribution in [-0.4, -0.2) is 35.5 Å². The average molecular weight is 318 g/mol. The predicted molar refractivity (Wildman–Crippen MR) is 80.4 cm³/mol. The van der Waals surface area contributed by atoms with Crippen LogP contribution >= 0.6 is 0 Å². The second-order valence-electron chi connectivity index (χ2n) is 7.04. The molecule has 4 rings (SSSR count). The van der Waals surface area contributed by atoms with Gasteiger partial charge in [-0.1, -0.05) is 5.16 Å². The van der Waals surface area contributed by atoms with Gasteiger partial charge in [0.05, 0.1) is 18.4 Å². The van der Waals surface area contributed by atoms with Crippen molar-refractivity contribution in [2.75, 3.05) is 13.6 Å². The Bertz CT molecular complexity index is 625. The Morgan fingerprint density at radius 2 is 2.00 bits per heavy atom. The fourth-order valence-electron chi connectivity index (χ4n) is 4.29. The van der Waals surface area contributed by atoms with E-state index in [1.807, 2.05) is 0 Å². The molecule has 7 heteroatoms. The van der Waals surface area contributed by atoms with Gasteiger partial charge in [-0.2, -0.15) is 4.98 Å². The number of likely N-dealkylation sites (N-methyl/N-ethyl adjacent to an activating group) is 1. The predicted octanol–water partition coefficient (Wildman–Crippen LogP) is 0.939. The number of aromatic nitrogens is 2. The highest BCUT2D eigenvalue weighted by atomic mass is 16.5. The molecule has 2 amide bonds. The molecule has 23 heavy (non-hydrogen) atoms. The summed E-state index contributed by atoms with van der Waals surface area (Å²) in [4.78, 5) is 28.6. The second kappa shape index (κ2) is 5.62. The highest BCUT2D eigenvalue weighted by Gasteiger charge is 2.53. The molecule has 124 valence electrons. The first-order chi connectivity index (χ1) is 11.2. The molecule has 2 N–H and O–H groups in total. The number of hydrogen-bond donors (Lipinski definition) is 2. The first-order valence-corrected chi connectivity index (χ1v) is 8.49. The van der Waals surface area contributed by atoms with Crippen molar-refractivity contribution in [2.45, 2.75) is 43.9 Å². The molecular formula is C16H22N4O3. The summed E-state index contributed by atoms with van der Waals surface area (Å²) in [5.41, 5.74) is 0. The maximum absolute atomic E-state index is 12.6. The van der Waals surface area contributed by atoms with E-state index in [9.17, 15) is 9.59 Å². The zero-order valence-electron chi connectivity index (χ0n) is 13.2. The zero-order chi connectivity index (χ0) is 16.0. The third-order valence-corrected chi connectivity index (χ3v) is 5.61. The van der Waals surface area contributed by atoms with Gasteiger partial charge >= 0.3 is 0 Å². The van der Waals surface area contributed by atoms with E-state index in [1.165, 1.54) is 0 Å². The molecule has 3 saturated carbocycles. The highest BCUT2D eigenvalue weighted by Crippen LogP contribution is 2.56. The van der Waals surface area contributed by atoms with Gasteiger partial charge in [-0.3, -0.25) is 9.59 Å². The molecule has 1 aromatic heterocycles. The molecule has 3 aliphatic carbocycles. The molecule has 1 heterocycles. The van der Waals surface area contributed by atoms with E-state index in [-0.39, 0.29) is 30.2 Å². The summed E-state index contributed by atoms with van der Waals surface area (Å²) in [7, 11) is 1.56. The number of amides is 2. The SMILES string of the molecule is CNC(=O)CNC(=O)[C@H]1[C@H]2CC[C@H](C2)[C@@H]1c1nc(C2CC2)no1. The molecule has 1 aromatic rings. The molecule has 3 aliphatic rings. The normalized spacial score (nSPS) is 32.0. The number of carbonyl (C=O) groups is 2. The number of rotatable bonds is 5. The minimum Gasteiger partial charge on any atom is -0.358 e. The number of nitrogens with one attached hydrogen (secondary N) is 2. The number of nitrogens with zero attached hydrogens (tertiary/aromatic N) is 2. The van der Waals surface area contributed by atoms with Crippen LogP contribution in [0.25, 0.3) is 0 Å². The van der Waals surface area contributed by atoms with Gasteiger partial charge in [0.1, 0.15) is 0 Å². The summed E-state index contributed by atoms with van der Waals surface area (Å²) in [6.45, 7) is 0.0209. The van der Waals surface area contributed by atoms with Gasteiger partial charge in [-0.15, -0.1) is 0 Å². The molecule has 0 saturated heterocycles. The fraction of sp³-hybridized carbons (Fsp3) is 0.750. The smallest absolute Gasteiger partial charge is 0.239 e. The van der Waals surface area contributed by atoms with Crippen molar-refractivity contribution in [3.63, 3.8) is 0 Å². The Balaban J connectivity index is 1.51. The van der Waals surface area contributed by atoms with Crippen LogP contribution in [-0.2, 0) is 9.59 Å². The minimum atomic E-state index is -0.188. The van der Waals surface area contributed by atoms with Gasteiger partial charge in [0.2, 0.25) is 17.7 Å². The largest absolute Gasteiger partial charge is 0.358 e. The van der Waals surface area contributed by atoms with Crippen LogP contribution in [0, 0.1) is 17.8 Å². The van der Waals surface area contributed by atoms with Crippen LogP contribution in [0.3, 0.4) is 0 Å². The lowest BCUT2D eigenvalue weighted by Gasteiger charge is -2.27. The molecule has 0 spiro atoms. The Labute approximate surface area is 134 Å². The van der Waals surface area contributed by atoms with Gasteiger partial charge in [0, 0.05) is 13.0 Å². The van der Waals surface area contributed by atoms with Gasteiger partial charge in [-0.05, 0) is 43.9 Å². The van der Waals surface area contributed by atoms with Crippen LogP contribution < -0.4 is 10.6 Å². The summed E-state index contributed by atoms with van der Waals surface area (Å²) >= 11 is 0. The molecule has 0 aromatic carbocycles. The standard InChI is InChI=1S/C16H22N4O3/c1-17-11(21)7-18-15(22)12-9-4-5-10(6-9)13(12)16-19-14(20-23-16)8-2-3-8/h8-10,12-13H,2-7H2,1H3,(H,17,21)(H,18,22)/t9-,10+,12-,13-/m0/s1. The van der Waals surface area contributed by atoms with Crippen molar-refractivity contribution >= 4 is 11.8 Å². The highest BCUT2D eigenvalue weighted by molar-refractivity contribution is 5.86. The van der Waals surface area contributed by atoms with Crippen LogP contribution in [0.1, 0.15) is 55.7 Å². The fourth-order valence-corrected chi connectivity index (χ4v) is 4.29. The van der Waals surface area contributed by atoms with Crippen molar-refractivity contribution in [3.8, 4) is 0 Å². The van der Waals surface area contributed by atoms with Crippen molar-refractivity contribution in [3.05, 3.63) is 11.7 Å². The first-order valence-electron chi connectivity index (χ1n) is 8.49. The van der Waals surface area contributed by atoms with Crippen LogP contribution in [0.4, 0.5) is 0 Å². The van der Waals surface area contributed by atoms with E-state index < -0.39 is 0 Å². The molecule has 2 bridgehead atoms. The van der Waals surface area contributed by atoms with Crippen LogP contribution in [0.2, 0.25) is 0 Å². The minimum absolute atomic E-state index is 0.0124. The Hall–Kier alpha value is -1.92. The Morgan fingerprint density at radius 3 is 2.74 bits per heavy atom. The molecule has 0 radical (unpaired) electrons. The third kappa shape index (κ3) is 2.62. The van der Waals surface area contributed by atoms with Gasteiger partial charge < -0.3 is 15.2 Å². The Kier molecular flexibility index (Phi) is 3.58. The number of fused-ring (bicyclic) bond motifs is 2. The molecular weight excluding hydrogens is 296 g/mol. The van der Waals surface area contributed by atoms with Crippen molar-refractivity contribution in [2.24, 2.45) is 17.8 Å². The monoisotopic (exact) mass is 318 g/mol. The average Bonchev–Trinajstić information content (AvgIpc) is 3.01. The van der Waals surface area contributed by atoms with Crippen molar-refractivity contribution < 1.29 is 14.1 Å². The lowest BCUT2D eigenvalue weighted by molar-refractivity contribution is -0.130. The molecule has 7 nitrogen and oxygen atoms in total. The van der Waals surface area contributed by atoms with E-state index in [4.69, 9.17) is 4.52 Å². The summed E-state index contributed by atoms with van der Waals surface area (Å²) in [5, 5.41) is 9.38. The molecule has 3 fully saturated rings. The maximum atomic E-state index is 12.6. The summed E-state index contributed by atoms with van der Waals surface area (Å²) in [6.07, 6.45) is 5.50. The first kappa shape index (κ1) is 14.7.